The van der Waals surface area contributed by atoms with Gasteiger partial charge in [-0.2, -0.15) is 0 Å². The first-order valence-electron chi connectivity index (χ1n) is 7.66. The van der Waals surface area contributed by atoms with Crippen LogP contribution >= 0.6 is 11.3 Å². The fourth-order valence-corrected chi connectivity index (χ4v) is 3.61. The van der Waals surface area contributed by atoms with E-state index in [2.05, 4.69) is 10.6 Å². The van der Waals surface area contributed by atoms with Crippen LogP contribution in [-0.2, 0) is 4.79 Å². The van der Waals surface area contributed by atoms with Crippen molar-refractivity contribution in [3.8, 4) is 10.4 Å². The number of carbonyl (C=O) groups is 2. The summed E-state index contributed by atoms with van der Waals surface area (Å²) in [6, 6.07) is 6.69. The molecular weight excluding hydrogens is 334 g/mol. The van der Waals surface area contributed by atoms with E-state index in [4.69, 9.17) is 0 Å². The molecule has 126 valence electrons. The first-order chi connectivity index (χ1) is 11.5. The highest BCUT2D eigenvalue weighted by molar-refractivity contribution is 7.17. The zero-order chi connectivity index (χ0) is 17.1. The molecule has 0 saturated carbocycles. The van der Waals surface area contributed by atoms with Crippen molar-refractivity contribution in [3.63, 3.8) is 0 Å². The number of rotatable bonds is 3. The van der Waals surface area contributed by atoms with Crippen LogP contribution in [0.5, 0.6) is 0 Å². The number of hydrogen-bond donors (Lipinski definition) is 2. The van der Waals surface area contributed by atoms with Crippen molar-refractivity contribution in [3.05, 3.63) is 46.8 Å². The highest BCUT2D eigenvalue weighted by Gasteiger charge is 2.20. The molecule has 1 atom stereocenters. The molecule has 4 nitrogen and oxygen atoms in total. The number of halogens is 2. The van der Waals surface area contributed by atoms with Crippen molar-refractivity contribution >= 4 is 23.2 Å². The Labute approximate surface area is 141 Å². The zero-order valence-electron chi connectivity index (χ0n) is 12.8. The maximum Gasteiger partial charge on any atom is 0.261 e. The predicted molar refractivity (Wildman–Crippen MR) is 87.8 cm³/mol. The van der Waals surface area contributed by atoms with Gasteiger partial charge >= 0.3 is 0 Å². The number of carbonyl (C=O) groups excluding carboxylic acids is 2. The Kier molecular flexibility index (Phi) is 4.89. The van der Waals surface area contributed by atoms with E-state index in [0.717, 1.165) is 11.3 Å². The zero-order valence-corrected chi connectivity index (χ0v) is 13.6. The molecule has 1 saturated heterocycles. The normalized spacial score (nSPS) is 17.9. The van der Waals surface area contributed by atoms with Gasteiger partial charge in [-0.25, -0.2) is 8.78 Å². The number of thiophene rings is 1. The summed E-state index contributed by atoms with van der Waals surface area (Å²) >= 11 is 1.04. The summed E-state index contributed by atoms with van der Waals surface area (Å²) in [6.07, 6.45) is 1.62. The predicted octanol–water partition coefficient (Wildman–Crippen LogP) is 3.09. The van der Waals surface area contributed by atoms with E-state index in [1.165, 1.54) is 18.2 Å². The topological polar surface area (TPSA) is 58.2 Å². The molecular formula is C17H16F2N2O2S. The monoisotopic (exact) mass is 350 g/mol. The molecule has 1 aromatic heterocycles. The molecule has 24 heavy (non-hydrogen) atoms. The summed E-state index contributed by atoms with van der Waals surface area (Å²) in [4.78, 5) is 24.4. The Bertz CT molecular complexity index is 755. The van der Waals surface area contributed by atoms with E-state index in [9.17, 15) is 18.4 Å². The first-order valence-corrected chi connectivity index (χ1v) is 8.48. The fraction of sp³-hybridized carbons (Fsp3) is 0.294. The Morgan fingerprint density at radius 1 is 1.17 bits per heavy atom. The van der Waals surface area contributed by atoms with Crippen molar-refractivity contribution in [1.82, 2.24) is 10.6 Å². The van der Waals surface area contributed by atoms with Crippen LogP contribution in [0.15, 0.2) is 30.3 Å². The Morgan fingerprint density at radius 3 is 2.67 bits per heavy atom. The highest BCUT2D eigenvalue weighted by Crippen LogP contribution is 2.32. The third kappa shape index (κ3) is 3.62. The average molecular weight is 350 g/mol. The summed E-state index contributed by atoms with van der Waals surface area (Å²) in [5.74, 6) is -1.61. The summed E-state index contributed by atoms with van der Waals surface area (Å²) in [6.45, 7) is 0.528. The molecule has 0 spiro atoms. The molecule has 2 N–H and O–H groups in total. The third-order valence-corrected chi connectivity index (χ3v) is 5.01. The fourth-order valence-electron chi connectivity index (χ4n) is 2.65. The highest BCUT2D eigenvalue weighted by atomic mass is 32.1. The molecule has 7 heteroatoms. The Hall–Kier alpha value is -2.28. The molecule has 2 heterocycles. The molecule has 2 aromatic rings. The second-order valence-corrected chi connectivity index (χ2v) is 6.69. The quantitative estimate of drug-likeness (QED) is 0.894. The van der Waals surface area contributed by atoms with E-state index in [1.54, 1.807) is 12.1 Å². The van der Waals surface area contributed by atoms with Gasteiger partial charge in [-0.15, -0.1) is 11.3 Å². The summed E-state index contributed by atoms with van der Waals surface area (Å²) < 4.78 is 27.7. The van der Waals surface area contributed by atoms with Crippen LogP contribution < -0.4 is 10.6 Å². The van der Waals surface area contributed by atoms with Crippen LogP contribution in [0.1, 0.15) is 28.9 Å². The van der Waals surface area contributed by atoms with Gasteiger partial charge in [-0.1, -0.05) is 6.07 Å². The molecule has 1 aliphatic rings. The first kappa shape index (κ1) is 16.6. The molecule has 3 rings (SSSR count). The smallest absolute Gasteiger partial charge is 0.261 e. The van der Waals surface area contributed by atoms with Crippen molar-refractivity contribution in [2.75, 3.05) is 6.54 Å². The number of amides is 2. The van der Waals surface area contributed by atoms with E-state index in [0.29, 0.717) is 35.6 Å². The molecule has 0 aliphatic carbocycles. The average Bonchev–Trinajstić information content (AvgIpc) is 2.93. The molecule has 1 aromatic carbocycles. The lowest BCUT2D eigenvalue weighted by Crippen LogP contribution is -2.34. The van der Waals surface area contributed by atoms with Gasteiger partial charge in [0.1, 0.15) is 11.6 Å². The lowest BCUT2D eigenvalue weighted by molar-refractivity contribution is -0.120. The van der Waals surface area contributed by atoms with Crippen molar-refractivity contribution in [2.45, 2.75) is 25.3 Å². The number of nitrogens with one attached hydrogen (secondary N) is 2. The summed E-state index contributed by atoms with van der Waals surface area (Å²) in [5, 5.41) is 5.64. The van der Waals surface area contributed by atoms with Gasteiger partial charge in [0.15, 0.2) is 0 Å². The summed E-state index contributed by atoms with van der Waals surface area (Å²) in [7, 11) is 0. The van der Waals surface area contributed by atoms with Gasteiger partial charge in [0.05, 0.1) is 10.4 Å². The van der Waals surface area contributed by atoms with Gasteiger partial charge in [-0.05, 0) is 37.1 Å². The minimum Gasteiger partial charge on any atom is -0.356 e. The molecule has 0 bridgehead atoms. The molecule has 1 unspecified atom stereocenters. The lowest BCUT2D eigenvalue weighted by Gasteiger charge is -2.14. The molecule has 2 amide bonds. The van der Waals surface area contributed by atoms with Crippen LogP contribution in [0.25, 0.3) is 10.4 Å². The second kappa shape index (κ2) is 7.09. The standard InChI is InChI=1S/C17H16F2N2O2S/c18-11-2-1-3-12(19)16(11)13-5-6-14(24-13)17(23)21-10-4-7-15(22)20-9-8-10/h1-3,5-6,10H,4,7-9H2,(H,20,22)(H,21,23). The van der Waals surface area contributed by atoms with Gasteiger partial charge in [0.2, 0.25) is 5.91 Å². The molecule has 0 radical (unpaired) electrons. The SMILES string of the molecule is O=C1CCC(NC(=O)c2ccc(-c3c(F)cccc3F)s2)CCN1. The van der Waals surface area contributed by atoms with Crippen LogP contribution in [0.4, 0.5) is 8.78 Å². The second-order valence-electron chi connectivity index (χ2n) is 5.61. The van der Waals surface area contributed by atoms with Crippen LogP contribution in [-0.4, -0.2) is 24.4 Å². The minimum absolute atomic E-state index is 0.0137. The summed E-state index contributed by atoms with van der Waals surface area (Å²) in [5.41, 5.74) is -0.120. The maximum absolute atomic E-state index is 13.8. The Morgan fingerprint density at radius 2 is 1.92 bits per heavy atom. The van der Waals surface area contributed by atoms with E-state index < -0.39 is 11.6 Å². The van der Waals surface area contributed by atoms with E-state index >= 15 is 0 Å². The van der Waals surface area contributed by atoms with Gasteiger partial charge in [-0.3, -0.25) is 9.59 Å². The van der Waals surface area contributed by atoms with Crippen LogP contribution in [0, 0.1) is 11.6 Å². The van der Waals surface area contributed by atoms with Gasteiger partial charge in [0.25, 0.3) is 5.91 Å². The van der Waals surface area contributed by atoms with Gasteiger partial charge < -0.3 is 10.6 Å². The lowest BCUT2D eigenvalue weighted by atomic mass is 10.1. The number of benzene rings is 1. The largest absolute Gasteiger partial charge is 0.356 e. The van der Waals surface area contributed by atoms with Gasteiger partial charge in [0, 0.05) is 23.9 Å². The van der Waals surface area contributed by atoms with Crippen molar-refractivity contribution in [1.29, 1.82) is 0 Å². The molecule has 1 fully saturated rings. The van der Waals surface area contributed by atoms with Crippen molar-refractivity contribution < 1.29 is 18.4 Å². The number of hydrogen-bond acceptors (Lipinski definition) is 3. The molecule has 1 aliphatic heterocycles. The maximum atomic E-state index is 13.8. The van der Waals surface area contributed by atoms with Crippen LogP contribution in [0.3, 0.4) is 0 Å². The van der Waals surface area contributed by atoms with Crippen LogP contribution in [0.2, 0.25) is 0 Å². The Balaban J connectivity index is 1.73. The third-order valence-electron chi connectivity index (χ3n) is 3.91. The van der Waals surface area contributed by atoms with E-state index in [1.807, 2.05) is 0 Å². The van der Waals surface area contributed by atoms with Crippen molar-refractivity contribution in [2.24, 2.45) is 0 Å². The minimum atomic E-state index is -0.655. The van der Waals surface area contributed by atoms with E-state index in [-0.39, 0.29) is 23.4 Å².